The van der Waals surface area contributed by atoms with Gasteiger partial charge in [0.25, 0.3) is 0 Å². The van der Waals surface area contributed by atoms with Crippen molar-refractivity contribution < 1.29 is 0 Å². The largest absolute Gasteiger partial charge is 0.251 e. The van der Waals surface area contributed by atoms with E-state index in [1.807, 2.05) is 19.0 Å². The van der Waals surface area contributed by atoms with Crippen LogP contribution in [0.5, 0.6) is 0 Å². The third-order valence-electron chi connectivity index (χ3n) is 1.13. The molecule has 54 valence electrons. The SMILES string of the molecule is C=C(C)CNN(C)CC. The zero-order valence-electron chi connectivity index (χ0n) is 6.57. The van der Waals surface area contributed by atoms with Gasteiger partial charge >= 0.3 is 0 Å². The number of nitrogens with one attached hydrogen (secondary N) is 1. The Balaban J connectivity index is 3.16. The van der Waals surface area contributed by atoms with Gasteiger partial charge in [0.2, 0.25) is 0 Å². The third-order valence-corrected chi connectivity index (χ3v) is 1.13. The fourth-order valence-electron chi connectivity index (χ4n) is 0.382. The molecule has 0 aromatic rings. The van der Waals surface area contributed by atoms with Gasteiger partial charge in [-0.25, -0.2) is 5.01 Å². The van der Waals surface area contributed by atoms with Crippen molar-refractivity contribution in [2.45, 2.75) is 13.8 Å². The van der Waals surface area contributed by atoms with E-state index in [1.165, 1.54) is 0 Å². The average Bonchev–Trinajstić information content (AvgIpc) is 1.83. The average molecular weight is 128 g/mol. The molecule has 0 atom stereocenters. The molecule has 2 nitrogen and oxygen atoms in total. The number of hydrogen-bond acceptors (Lipinski definition) is 2. The Hall–Kier alpha value is -0.340. The molecule has 0 amide bonds. The molecule has 0 unspecified atom stereocenters. The molecule has 0 bridgehead atoms. The maximum atomic E-state index is 3.77. The first kappa shape index (κ1) is 8.66. The van der Waals surface area contributed by atoms with E-state index in [2.05, 4.69) is 18.9 Å². The summed E-state index contributed by atoms with van der Waals surface area (Å²) in [5.74, 6) is 0. The van der Waals surface area contributed by atoms with Crippen LogP contribution in [-0.2, 0) is 0 Å². The summed E-state index contributed by atoms with van der Waals surface area (Å²) in [5.41, 5.74) is 4.33. The minimum atomic E-state index is 0.879. The lowest BCUT2D eigenvalue weighted by Gasteiger charge is -2.14. The van der Waals surface area contributed by atoms with E-state index in [4.69, 9.17) is 0 Å². The zero-order valence-corrected chi connectivity index (χ0v) is 6.57. The van der Waals surface area contributed by atoms with E-state index < -0.39 is 0 Å². The fraction of sp³-hybridized carbons (Fsp3) is 0.714. The van der Waals surface area contributed by atoms with Gasteiger partial charge in [0.05, 0.1) is 0 Å². The predicted molar refractivity (Wildman–Crippen MR) is 41.1 cm³/mol. The van der Waals surface area contributed by atoms with Crippen LogP contribution in [0.15, 0.2) is 12.2 Å². The second-order valence-electron chi connectivity index (χ2n) is 2.31. The summed E-state index contributed by atoms with van der Waals surface area (Å²) < 4.78 is 0. The van der Waals surface area contributed by atoms with Gasteiger partial charge in [-0.3, -0.25) is 5.43 Å². The number of hydrogen-bond donors (Lipinski definition) is 1. The van der Waals surface area contributed by atoms with Crippen molar-refractivity contribution in [3.05, 3.63) is 12.2 Å². The summed E-state index contributed by atoms with van der Waals surface area (Å²) in [6, 6.07) is 0. The van der Waals surface area contributed by atoms with Gasteiger partial charge in [0.1, 0.15) is 0 Å². The van der Waals surface area contributed by atoms with Crippen LogP contribution < -0.4 is 5.43 Å². The monoisotopic (exact) mass is 128 g/mol. The summed E-state index contributed by atoms with van der Waals surface area (Å²) in [6.45, 7) is 9.79. The zero-order chi connectivity index (χ0) is 7.28. The molecule has 9 heavy (non-hydrogen) atoms. The van der Waals surface area contributed by atoms with Crippen LogP contribution >= 0.6 is 0 Å². The first-order chi connectivity index (χ1) is 4.16. The third kappa shape index (κ3) is 5.53. The van der Waals surface area contributed by atoms with E-state index in [1.54, 1.807) is 0 Å². The standard InChI is InChI=1S/C7H16N2/c1-5-9(4)8-6-7(2)3/h8H,2,5-6H2,1,3-4H3. The van der Waals surface area contributed by atoms with Crippen molar-refractivity contribution >= 4 is 0 Å². The highest BCUT2D eigenvalue weighted by Crippen LogP contribution is 1.82. The fourth-order valence-corrected chi connectivity index (χ4v) is 0.382. The van der Waals surface area contributed by atoms with Gasteiger partial charge in [0, 0.05) is 20.1 Å². The number of nitrogens with zero attached hydrogens (tertiary/aromatic N) is 1. The van der Waals surface area contributed by atoms with Crippen LogP contribution in [0, 0.1) is 0 Å². The van der Waals surface area contributed by atoms with Crippen LogP contribution in [0.25, 0.3) is 0 Å². The first-order valence-electron chi connectivity index (χ1n) is 3.25. The summed E-state index contributed by atoms with van der Waals surface area (Å²) in [7, 11) is 2.02. The van der Waals surface area contributed by atoms with E-state index in [0.717, 1.165) is 18.7 Å². The van der Waals surface area contributed by atoms with Crippen molar-refractivity contribution in [2.24, 2.45) is 0 Å². The minimum absolute atomic E-state index is 0.879. The molecule has 0 fully saturated rings. The van der Waals surface area contributed by atoms with Crippen LogP contribution in [0.2, 0.25) is 0 Å². The maximum absolute atomic E-state index is 3.77. The van der Waals surface area contributed by atoms with E-state index in [-0.39, 0.29) is 0 Å². The minimum Gasteiger partial charge on any atom is -0.251 e. The Kier molecular flexibility index (Phi) is 4.36. The lowest BCUT2D eigenvalue weighted by atomic mass is 10.4. The van der Waals surface area contributed by atoms with Gasteiger partial charge in [-0.2, -0.15) is 0 Å². The molecular formula is C7H16N2. The van der Waals surface area contributed by atoms with Gasteiger partial charge in [0.15, 0.2) is 0 Å². The van der Waals surface area contributed by atoms with Gasteiger partial charge in [-0.1, -0.05) is 19.1 Å². The Labute approximate surface area is 57.5 Å². The molecule has 0 saturated heterocycles. The van der Waals surface area contributed by atoms with Crippen molar-refractivity contribution in [1.82, 2.24) is 10.4 Å². The smallest absolute Gasteiger partial charge is 0.0307 e. The van der Waals surface area contributed by atoms with Gasteiger partial charge in [-0.05, 0) is 6.92 Å². The second-order valence-corrected chi connectivity index (χ2v) is 2.31. The molecule has 0 aromatic carbocycles. The highest BCUT2D eigenvalue weighted by Gasteiger charge is 1.89. The molecular weight excluding hydrogens is 112 g/mol. The van der Waals surface area contributed by atoms with Crippen LogP contribution in [-0.4, -0.2) is 25.1 Å². The molecule has 0 rings (SSSR count). The normalized spacial score (nSPS) is 10.2. The summed E-state index contributed by atoms with van der Waals surface area (Å²) in [4.78, 5) is 0. The van der Waals surface area contributed by atoms with Gasteiger partial charge < -0.3 is 0 Å². The molecule has 0 radical (unpaired) electrons. The Bertz CT molecular complexity index is 88.9. The molecule has 2 heteroatoms. The molecule has 0 aliphatic heterocycles. The van der Waals surface area contributed by atoms with Crippen LogP contribution in [0.3, 0.4) is 0 Å². The lowest BCUT2D eigenvalue weighted by Crippen LogP contribution is -2.34. The summed E-state index contributed by atoms with van der Waals surface area (Å²) in [5, 5.41) is 2.04. The number of hydrazine groups is 1. The van der Waals surface area contributed by atoms with Crippen molar-refractivity contribution in [1.29, 1.82) is 0 Å². The van der Waals surface area contributed by atoms with Crippen LogP contribution in [0.4, 0.5) is 0 Å². The molecule has 0 aromatic heterocycles. The topological polar surface area (TPSA) is 15.3 Å². The van der Waals surface area contributed by atoms with Gasteiger partial charge in [-0.15, -0.1) is 0 Å². The Morgan fingerprint density at radius 3 is 2.56 bits per heavy atom. The van der Waals surface area contributed by atoms with E-state index in [0.29, 0.717) is 0 Å². The highest BCUT2D eigenvalue weighted by atomic mass is 15.5. The summed E-state index contributed by atoms with van der Waals surface area (Å²) in [6.07, 6.45) is 0. The lowest BCUT2D eigenvalue weighted by molar-refractivity contribution is 0.259. The first-order valence-corrected chi connectivity index (χ1v) is 3.25. The Morgan fingerprint density at radius 1 is 1.67 bits per heavy atom. The highest BCUT2D eigenvalue weighted by molar-refractivity contribution is 4.89. The van der Waals surface area contributed by atoms with Crippen molar-refractivity contribution in [3.63, 3.8) is 0 Å². The molecule has 1 N–H and O–H groups in total. The molecule has 0 heterocycles. The molecule has 0 spiro atoms. The molecule has 0 aliphatic carbocycles. The van der Waals surface area contributed by atoms with Crippen molar-refractivity contribution in [3.8, 4) is 0 Å². The van der Waals surface area contributed by atoms with E-state index >= 15 is 0 Å². The quantitative estimate of drug-likeness (QED) is 0.449. The van der Waals surface area contributed by atoms with Crippen molar-refractivity contribution in [2.75, 3.05) is 20.1 Å². The number of rotatable bonds is 4. The van der Waals surface area contributed by atoms with Crippen LogP contribution in [0.1, 0.15) is 13.8 Å². The Morgan fingerprint density at radius 2 is 2.22 bits per heavy atom. The predicted octanol–water partition coefficient (Wildman–Crippen LogP) is 1.02. The molecule has 0 aliphatic rings. The van der Waals surface area contributed by atoms with E-state index in [9.17, 15) is 0 Å². The maximum Gasteiger partial charge on any atom is 0.0307 e. The molecule has 0 saturated carbocycles. The summed E-state index contributed by atoms with van der Waals surface area (Å²) >= 11 is 0. The second kappa shape index (κ2) is 4.53.